The number of benzene rings is 1. The Labute approximate surface area is 214 Å². The second-order valence-electron chi connectivity index (χ2n) is 9.07. The number of thiophene rings is 1. The Morgan fingerprint density at radius 1 is 1.03 bits per heavy atom. The molecule has 34 heavy (non-hydrogen) atoms. The maximum Gasteiger partial charge on any atom is 0.222 e. The number of amides is 1. The molecular weight excluding hydrogens is 462 g/mol. The molecule has 0 aliphatic carbocycles. The topological polar surface area (TPSA) is 65.3 Å². The van der Waals surface area contributed by atoms with Gasteiger partial charge in [-0.05, 0) is 51.8 Å². The highest BCUT2D eigenvalue weighted by atomic mass is 35.5. The van der Waals surface area contributed by atoms with E-state index in [9.17, 15) is 4.79 Å². The second kappa shape index (κ2) is 14.4. The summed E-state index contributed by atoms with van der Waals surface area (Å²) < 4.78 is 0. The van der Waals surface area contributed by atoms with Gasteiger partial charge in [0.05, 0.1) is 18.2 Å². The van der Waals surface area contributed by atoms with Crippen molar-refractivity contribution in [1.29, 1.82) is 5.41 Å². The van der Waals surface area contributed by atoms with E-state index in [2.05, 4.69) is 33.0 Å². The molecule has 0 aliphatic heterocycles. The Kier molecular flexibility index (Phi) is 12.0. The zero-order valence-corrected chi connectivity index (χ0v) is 23.0. The van der Waals surface area contributed by atoms with E-state index in [1.807, 2.05) is 24.3 Å². The van der Waals surface area contributed by atoms with Gasteiger partial charge in [-0.15, -0.1) is 11.3 Å². The average molecular weight is 502 g/mol. The fourth-order valence-electron chi connectivity index (χ4n) is 4.04. The van der Waals surface area contributed by atoms with Crippen LogP contribution in [0.25, 0.3) is 0 Å². The molecule has 0 fully saturated rings. The molecule has 0 saturated heterocycles. The van der Waals surface area contributed by atoms with Gasteiger partial charge in [0.1, 0.15) is 0 Å². The van der Waals surface area contributed by atoms with Crippen molar-refractivity contribution in [3.63, 3.8) is 0 Å². The first-order chi connectivity index (χ1) is 16.2. The first-order valence-corrected chi connectivity index (χ1v) is 13.7. The molecule has 2 rings (SSSR count). The minimum absolute atomic E-state index is 0.0447. The summed E-state index contributed by atoms with van der Waals surface area (Å²) in [5.41, 5.74) is 4.45. The van der Waals surface area contributed by atoms with Gasteiger partial charge < -0.3 is 10.7 Å². The van der Waals surface area contributed by atoms with Crippen LogP contribution >= 0.6 is 22.9 Å². The third-order valence-corrected chi connectivity index (χ3v) is 7.56. The lowest BCUT2D eigenvalue weighted by atomic mass is 9.97. The van der Waals surface area contributed by atoms with Gasteiger partial charge in [0.15, 0.2) is 0 Å². The number of halogens is 1. The highest BCUT2D eigenvalue weighted by Gasteiger charge is 2.21. The number of nitrogens with one attached hydrogen (secondary N) is 2. The molecular formula is C28H40ClN3OS. The number of unbranched alkanes of at least 4 members (excludes halogenated alkanes) is 6. The number of carbonyl (C=O) groups is 1. The Hall–Kier alpha value is -1.98. The van der Waals surface area contributed by atoms with E-state index in [1.165, 1.54) is 47.4 Å². The average Bonchev–Trinajstić information content (AvgIpc) is 3.04. The number of rotatable bonds is 14. The van der Waals surface area contributed by atoms with Gasteiger partial charge in [-0.25, -0.2) is 0 Å². The molecule has 1 amide bonds. The lowest BCUT2D eigenvalue weighted by Gasteiger charge is -2.16. The maximum absolute atomic E-state index is 12.7. The van der Waals surface area contributed by atoms with Crippen LogP contribution in [0.3, 0.4) is 0 Å². The lowest BCUT2D eigenvalue weighted by Crippen LogP contribution is -2.31. The van der Waals surface area contributed by atoms with Crippen LogP contribution in [0.5, 0.6) is 0 Å². The van der Waals surface area contributed by atoms with Crippen molar-refractivity contribution < 1.29 is 4.79 Å². The van der Waals surface area contributed by atoms with Crippen molar-refractivity contribution in [2.45, 2.75) is 92.0 Å². The molecule has 0 bridgehead atoms. The van der Waals surface area contributed by atoms with Crippen molar-refractivity contribution in [2.75, 3.05) is 6.54 Å². The molecule has 1 aromatic heterocycles. The lowest BCUT2D eigenvalue weighted by molar-refractivity contribution is -0.121. The van der Waals surface area contributed by atoms with Gasteiger partial charge in [0, 0.05) is 38.2 Å². The Morgan fingerprint density at radius 2 is 1.65 bits per heavy atom. The standard InChI is InChI=1S/C28H40ClN3OS/c1-6-7-8-9-10-11-12-17-31-26(33)18-25(20(3)30)32-28(23-13-15-24(29)16-14-23)27-19(2)21(4)34-22(27)5/h13-16,25,30H,6-12,17-18H2,1-5H3,(H,31,33)/t25-/m0/s1. The van der Waals surface area contributed by atoms with Gasteiger partial charge in [0.2, 0.25) is 5.91 Å². The van der Waals surface area contributed by atoms with Gasteiger partial charge in [-0.3, -0.25) is 9.79 Å². The summed E-state index contributed by atoms with van der Waals surface area (Å²) in [5.74, 6) is -0.0447. The third kappa shape index (κ3) is 8.66. The van der Waals surface area contributed by atoms with Crippen LogP contribution in [0.4, 0.5) is 0 Å². The van der Waals surface area contributed by atoms with Crippen LogP contribution in [-0.2, 0) is 4.79 Å². The van der Waals surface area contributed by atoms with Crippen LogP contribution < -0.4 is 5.32 Å². The minimum Gasteiger partial charge on any atom is -0.356 e. The smallest absolute Gasteiger partial charge is 0.222 e. The number of nitrogens with zero attached hydrogens (tertiary/aromatic N) is 1. The molecule has 2 N–H and O–H groups in total. The monoisotopic (exact) mass is 501 g/mol. The fourth-order valence-corrected chi connectivity index (χ4v) is 5.23. The third-order valence-electron chi connectivity index (χ3n) is 6.18. The molecule has 186 valence electrons. The summed E-state index contributed by atoms with van der Waals surface area (Å²) in [6, 6.07) is 7.14. The van der Waals surface area contributed by atoms with Crippen LogP contribution in [0.15, 0.2) is 29.3 Å². The van der Waals surface area contributed by atoms with Crippen molar-refractivity contribution in [3.05, 3.63) is 55.7 Å². The fraction of sp³-hybridized carbons (Fsp3) is 0.536. The van der Waals surface area contributed by atoms with Crippen molar-refractivity contribution >= 4 is 40.3 Å². The summed E-state index contributed by atoms with van der Waals surface area (Å²) in [5, 5.41) is 12.0. The Balaban J connectivity index is 2.13. The van der Waals surface area contributed by atoms with Gasteiger partial charge in [-0.1, -0.05) is 69.2 Å². The Morgan fingerprint density at radius 3 is 2.21 bits per heavy atom. The van der Waals surface area contributed by atoms with E-state index in [0.717, 1.165) is 29.7 Å². The highest BCUT2D eigenvalue weighted by molar-refractivity contribution is 7.12. The molecule has 0 aliphatic rings. The van der Waals surface area contributed by atoms with Crippen LogP contribution in [0.1, 0.15) is 91.7 Å². The molecule has 0 saturated carbocycles. The van der Waals surface area contributed by atoms with Crippen molar-refractivity contribution in [3.8, 4) is 0 Å². The summed E-state index contributed by atoms with van der Waals surface area (Å²) in [4.78, 5) is 20.1. The number of aryl methyl sites for hydroxylation is 2. The molecule has 4 nitrogen and oxygen atoms in total. The van der Waals surface area contributed by atoms with Gasteiger partial charge in [-0.2, -0.15) is 0 Å². The van der Waals surface area contributed by atoms with Gasteiger partial charge >= 0.3 is 0 Å². The normalized spacial score (nSPS) is 12.6. The number of aliphatic imine (C=N–C) groups is 1. The van der Waals surface area contributed by atoms with E-state index in [-0.39, 0.29) is 12.3 Å². The van der Waals surface area contributed by atoms with Gasteiger partial charge in [0.25, 0.3) is 0 Å². The predicted octanol–water partition coefficient (Wildman–Crippen LogP) is 7.83. The van der Waals surface area contributed by atoms with Crippen molar-refractivity contribution in [2.24, 2.45) is 4.99 Å². The SMILES string of the molecule is CCCCCCCCCNC(=O)C[C@H](N=C(c1ccc(Cl)cc1)c1c(C)sc(C)c1C)C(C)=N. The van der Waals surface area contributed by atoms with Crippen molar-refractivity contribution in [1.82, 2.24) is 5.32 Å². The molecule has 6 heteroatoms. The number of hydrogen-bond donors (Lipinski definition) is 2. The first kappa shape index (κ1) is 28.3. The largest absolute Gasteiger partial charge is 0.356 e. The van der Waals surface area contributed by atoms with E-state index in [1.54, 1.807) is 18.3 Å². The molecule has 0 radical (unpaired) electrons. The summed E-state index contributed by atoms with van der Waals surface area (Å²) >= 11 is 7.88. The number of carbonyl (C=O) groups excluding carboxylic acids is 1. The molecule has 0 spiro atoms. The Bertz CT molecular complexity index is 978. The zero-order chi connectivity index (χ0) is 25.1. The van der Waals surface area contributed by atoms with Crippen LogP contribution in [-0.4, -0.2) is 29.9 Å². The molecule has 1 heterocycles. The summed E-state index contributed by atoms with van der Waals surface area (Å²) in [7, 11) is 0. The zero-order valence-electron chi connectivity index (χ0n) is 21.4. The highest BCUT2D eigenvalue weighted by Crippen LogP contribution is 2.30. The predicted molar refractivity (Wildman–Crippen MR) is 148 cm³/mol. The molecule has 1 aromatic carbocycles. The molecule has 0 unspecified atom stereocenters. The summed E-state index contributed by atoms with van der Waals surface area (Å²) in [6.07, 6.45) is 8.71. The maximum atomic E-state index is 12.7. The van der Waals surface area contributed by atoms with E-state index in [4.69, 9.17) is 22.0 Å². The van der Waals surface area contributed by atoms with Crippen LogP contribution in [0, 0.1) is 26.2 Å². The second-order valence-corrected chi connectivity index (χ2v) is 10.9. The van der Waals surface area contributed by atoms with E-state index < -0.39 is 6.04 Å². The van der Waals surface area contributed by atoms with E-state index in [0.29, 0.717) is 17.3 Å². The van der Waals surface area contributed by atoms with E-state index >= 15 is 0 Å². The minimum atomic E-state index is -0.501. The first-order valence-electron chi connectivity index (χ1n) is 12.5. The molecule has 1 atom stereocenters. The summed E-state index contributed by atoms with van der Waals surface area (Å²) in [6.45, 7) is 11.0. The quantitative estimate of drug-likeness (QED) is 0.201. The number of hydrogen-bond acceptors (Lipinski definition) is 4. The van der Waals surface area contributed by atoms with Crippen LogP contribution in [0.2, 0.25) is 5.02 Å². The molecule has 2 aromatic rings.